The number of aromatic hydroxyl groups is 1. The number of nitrogens with zero attached hydrogens (tertiary/aromatic N) is 4. The van der Waals surface area contributed by atoms with E-state index in [1.54, 1.807) is 0 Å². The second-order valence-corrected chi connectivity index (χ2v) is 18.0. The number of rotatable bonds is 7. The first-order chi connectivity index (χ1) is 29.3. The van der Waals surface area contributed by atoms with Gasteiger partial charge in [-0.2, -0.15) is 0 Å². The summed E-state index contributed by atoms with van der Waals surface area (Å²) in [4.78, 5) is 15.6. The predicted molar refractivity (Wildman–Crippen MR) is 253 cm³/mol. The van der Waals surface area contributed by atoms with E-state index in [2.05, 4.69) is 174 Å². The second kappa shape index (κ2) is 15.5. The highest BCUT2D eigenvalue weighted by atomic mass is 16.3. The van der Waals surface area contributed by atoms with Crippen LogP contribution >= 0.6 is 0 Å². The van der Waals surface area contributed by atoms with E-state index in [1.807, 2.05) is 48.8 Å². The molecule has 3 heterocycles. The van der Waals surface area contributed by atoms with Gasteiger partial charge in [0.05, 0.1) is 22.5 Å². The number of phenols is 1. The molecule has 0 amide bonds. The summed E-state index contributed by atoms with van der Waals surface area (Å²) in [5.74, 6) is 0.902. The summed E-state index contributed by atoms with van der Waals surface area (Å²) in [6.07, 6.45) is 3.84. The van der Waals surface area contributed by atoms with Crippen LogP contribution < -0.4 is 0 Å². The van der Waals surface area contributed by atoms with E-state index >= 15 is 0 Å². The van der Waals surface area contributed by atoms with Crippen LogP contribution in [0.3, 0.4) is 0 Å². The molecule has 0 saturated carbocycles. The van der Waals surface area contributed by atoms with Gasteiger partial charge in [0.1, 0.15) is 17.1 Å². The molecule has 5 nitrogen and oxygen atoms in total. The minimum Gasteiger partial charge on any atom is -0.507 e. The molecule has 0 aliphatic carbocycles. The first-order valence-electron chi connectivity index (χ1n) is 21.0. The zero-order valence-electron chi connectivity index (χ0n) is 35.9. The van der Waals surface area contributed by atoms with Gasteiger partial charge < -0.3 is 5.11 Å². The van der Waals surface area contributed by atoms with Crippen LogP contribution in [0.5, 0.6) is 5.75 Å². The number of fused-ring (bicyclic) bond motifs is 1. The molecule has 9 rings (SSSR count). The van der Waals surface area contributed by atoms with E-state index in [4.69, 9.17) is 15.0 Å². The fourth-order valence-corrected chi connectivity index (χ4v) is 8.22. The molecule has 0 unspecified atom stereocenters. The molecule has 0 spiro atoms. The molecule has 0 bridgehead atoms. The number of benzene rings is 6. The van der Waals surface area contributed by atoms with Gasteiger partial charge in [-0.3, -0.25) is 14.5 Å². The number of imidazole rings is 1. The summed E-state index contributed by atoms with van der Waals surface area (Å²) in [6, 6.07) is 55.1. The highest BCUT2D eigenvalue weighted by molar-refractivity contribution is 5.96. The Hall–Kier alpha value is -7.11. The lowest BCUT2D eigenvalue weighted by Gasteiger charge is -2.27. The molecule has 3 aromatic heterocycles. The minimum atomic E-state index is -0.305. The number of pyridine rings is 2. The minimum absolute atomic E-state index is 0.164. The van der Waals surface area contributed by atoms with Gasteiger partial charge in [0.2, 0.25) is 0 Å². The first kappa shape index (κ1) is 39.4. The smallest absolute Gasteiger partial charge is 0.149 e. The Bertz CT molecular complexity index is 3030. The zero-order valence-corrected chi connectivity index (χ0v) is 35.9. The van der Waals surface area contributed by atoms with Crippen molar-refractivity contribution in [2.75, 3.05) is 0 Å². The third kappa shape index (κ3) is 7.64. The number of aryl methyl sites for hydroxylation is 1. The van der Waals surface area contributed by atoms with Gasteiger partial charge in [-0.25, -0.2) is 4.98 Å². The van der Waals surface area contributed by atoms with Crippen LogP contribution in [0.2, 0.25) is 0 Å². The lowest BCUT2D eigenvalue weighted by molar-refractivity contribution is 0.446. The Balaban J connectivity index is 1.25. The van der Waals surface area contributed by atoms with E-state index < -0.39 is 0 Å². The quantitative estimate of drug-likeness (QED) is 0.175. The molecule has 61 heavy (non-hydrogen) atoms. The lowest BCUT2D eigenvalue weighted by atomic mass is 9.79. The molecule has 9 aromatic rings. The highest BCUT2D eigenvalue weighted by Crippen LogP contribution is 2.44. The van der Waals surface area contributed by atoms with Crippen LogP contribution in [-0.2, 0) is 10.8 Å². The maximum atomic E-state index is 12.2. The molecule has 0 radical (unpaired) electrons. The van der Waals surface area contributed by atoms with Gasteiger partial charge in [0.15, 0.2) is 0 Å². The third-order valence-corrected chi connectivity index (χ3v) is 11.6. The molecule has 1 N–H and O–H groups in total. The van der Waals surface area contributed by atoms with Crippen molar-refractivity contribution < 1.29 is 5.11 Å². The van der Waals surface area contributed by atoms with Crippen LogP contribution in [0.4, 0.5) is 0 Å². The van der Waals surface area contributed by atoms with Gasteiger partial charge in [0.25, 0.3) is 0 Å². The molecule has 0 aliphatic rings. The molecule has 6 aromatic carbocycles. The standard InChI is InChI=1S/C56H50N4O/c1-36-35-58-49(34-46(36)40-25-23-39(24-26-40)37-17-11-8-12-18-37)42-29-41(38-19-13-9-14-20-38)30-43(31-42)51-52-50(27-28-57-51)60(45-21-15-10-16-22-45)54(59-52)47-32-44(55(2,3)4)33-48(53(47)61)56(5,6)7/h8-35,61H,1-7H3. The Kier molecular flexibility index (Phi) is 9.99. The number of aromatic nitrogens is 4. The Morgan fingerprint density at radius 3 is 1.72 bits per heavy atom. The van der Waals surface area contributed by atoms with Crippen molar-refractivity contribution in [2.45, 2.75) is 59.3 Å². The van der Waals surface area contributed by atoms with Crippen molar-refractivity contribution in [1.29, 1.82) is 0 Å². The largest absolute Gasteiger partial charge is 0.507 e. The molecule has 300 valence electrons. The van der Waals surface area contributed by atoms with Gasteiger partial charge >= 0.3 is 0 Å². The average molecular weight is 795 g/mol. The summed E-state index contributed by atoms with van der Waals surface area (Å²) in [7, 11) is 0. The molecule has 5 heteroatoms. The van der Waals surface area contributed by atoms with Crippen LogP contribution in [-0.4, -0.2) is 24.6 Å². The number of hydrogen-bond donors (Lipinski definition) is 1. The fraction of sp³-hybridized carbons (Fsp3) is 0.161. The van der Waals surface area contributed by atoms with E-state index in [0.29, 0.717) is 11.4 Å². The number of hydrogen-bond acceptors (Lipinski definition) is 4. The van der Waals surface area contributed by atoms with Crippen LogP contribution in [0, 0.1) is 6.92 Å². The van der Waals surface area contributed by atoms with Crippen LogP contribution in [0.25, 0.3) is 84.0 Å². The Morgan fingerprint density at radius 1 is 0.508 bits per heavy atom. The van der Waals surface area contributed by atoms with E-state index in [9.17, 15) is 5.11 Å². The summed E-state index contributed by atoms with van der Waals surface area (Å²) in [5, 5.41) is 12.2. The summed E-state index contributed by atoms with van der Waals surface area (Å²) in [5.41, 5.74) is 16.2. The maximum absolute atomic E-state index is 12.2. The van der Waals surface area contributed by atoms with E-state index in [1.165, 1.54) is 11.1 Å². The van der Waals surface area contributed by atoms with Gasteiger partial charge in [-0.15, -0.1) is 0 Å². The molecular formula is C56H50N4O. The predicted octanol–water partition coefficient (Wildman–Crippen LogP) is 14.4. The normalized spacial score (nSPS) is 11.9. The number of phenolic OH excluding ortho intramolecular Hbond substituents is 1. The summed E-state index contributed by atoms with van der Waals surface area (Å²) >= 11 is 0. The molecule has 0 atom stereocenters. The molecular weight excluding hydrogens is 745 g/mol. The van der Waals surface area contributed by atoms with Crippen molar-refractivity contribution >= 4 is 11.0 Å². The van der Waals surface area contributed by atoms with Crippen molar-refractivity contribution in [2.24, 2.45) is 0 Å². The Morgan fingerprint density at radius 2 is 1.08 bits per heavy atom. The first-order valence-corrected chi connectivity index (χ1v) is 21.0. The van der Waals surface area contributed by atoms with Crippen molar-refractivity contribution in [3.63, 3.8) is 0 Å². The highest BCUT2D eigenvalue weighted by Gasteiger charge is 2.29. The van der Waals surface area contributed by atoms with Gasteiger partial charge in [-0.1, -0.05) is 151 Å². The van der Waals surface area contributed by atoms with Gasteiger partial charge in [-0.05, 0) is 111 Å². The lowest BCUT2D eigenvalue weighted by Crippen LogP contribution is -2.17. The second-order valence-electron chi connectivity index (χ2n) is 18.0. The van der Waals surface area contributed by atoms with Gasteiger partial charge in [0, 0.05) is 34.8 Å². The molecule has 0 aliphatic heterocycles. The van der Waals surface area contributed by atoms with Crippen molar-refractivity contribution in [3.8, 4) is 78.7 Å². The Labute approximate surface area is 359 Å². The monoisotopic (exact) mass is 794 g/mol. The number of para-hydroxylation sites is 1. The third-order valence-electron chi connectivity index (χ3n) is 11.6. The topological polar surface area (TPSA) is 63.8 Å². The van der Waals surface area contributed by atoms with Crippen LogP contribution in [0.15, 0.2) is 170 Å². The zero-order chi connectivity index (χ0) is 42.5. The van der Waals surface area contributed by atoms with Crippen molar-refractivity contribution in [1.82, 2.24) is 19.5 Å². The van der Waals surface area contributed by atoms with Crippen LogP contribution in [0.1, 0.15) is 58.2 Å². The molecule has 0 fully saturated rings. The van der Waals surface area contributed by atoms with Crippen molar-refractivity contribution in [3.05, 3.63) is 187 Å². The molecule has 0 saturated heterocycles. The summed E-state index contributed by atoms with van der Waals surface area (Å²) in [6.45, 7) is 15.2. The fourth-order valence-electron chi connectivity index (χ4n) is 8.22. The van der Waals surface area contributed by atoms with E-state index in [-0.39, 0.29) is 16.6 Å². The summed E-state index contributed by atoms with van der Waals surface area (Å²) < 4.78 is 2.16. The maximum Gasteiger partial charge on any atom is 0.149 e. The SMILES string of the molecule is Cc1cnc(-c2cc(-c3ccccc3)cc(-c3nccc4c3nc(-c3cc(C(C)(C)C)cc(C(C)(C)C)c3O)n4-c3ccccc3)c2)cc1-c1ccc(-c2ccccc2)cc1. The average Bonchev–Trinajstić information content (AvgIpc) is 3.66. The van der Waals surface area contributed by atoms with E-state index in [0.717, 1.165) is 78.2 Å².